The molecule has 2 rings (SSSR count). The number of nitrogens with two attached hydrogens (primary N) is 2. The number of nitrogens with one attached hydrogen (secondary N) is 1. The summed E-state index contributed by atoms with van der Waals surface area (Å²) in [6.07, 6.45) is 2.16. The summed E-state index contributed by atoms with van der Waals surface area (Å²) < 4.78 is 9.99. The fourth-order valence-electron chi connectivity index (χ4n) is 2.80. The van der Waals surface area contributed by atoms with Crippen molar-refractivity contribution in [3.8, 4) is 0 Å². The molecule has 0 fully saturated rings. The number of hydrogen-bond donors (Lipinski definition) is 3. The van der Waals surface area contributed by atoms with Crippen LogP contribution >= 0.6 is 11.3 Å². The predicted octanol–water partition coefficient (Wildman–Crippen LogP) is 2.93. The lowest BCUT2D eigenvalue weighted by Crippen LogP contribution is -2.32. The minimum Gasteiger partial charge on any atom is -0.461 e. The Labute approximate surface area is 222 Å². The SMILES string of the molecule is C=CC(=O)OCCN(CCOC(=O)C=C)c1ccc(N)c(NC(C)=O)c1.CC(=O)c1cc([N+](=O)[O-])sc1N. The van der Waals surface area contributed by atoms with Crippen LogP contribution in [0.4, 0.5) is 27.1 Å². The van der Waals surface area contributed by atoms with Crippen LogP contribution in [0, 0.1) is 10.1 Å². The number of Topliss-reactive ketones (excluding diaryl/α,β-unsaturated/α-hetero) is 1. The maximum Gasteiger partial charge on any atom is 0.330 e. The van der Waals surface area contributed by atoms with Crippen molar-refractivity contribution < 1.29 is 33.6 Å². The largest absolute Gasteiger partial charge is 0.461 e. The smallest absolute Gasteiger partial charge is 0.330 e. The van der Waals surface area contributed by atoms with Gasteiger partial charge in [-0.3, -0.25) is 19.7 Å². The van der Waals surface area contributed by atoms with E-state index in [9.17, 15) is 29.3 Å². The number of carbonyl (C=O) groups is 4. The first kappa shape index (κ1) is 31.3. The summed E-state index contributed by atoms with van der Waals surface area (Å²) in [6, 6.07) is 6.30. The Hall–Kier alpha value is -4.72. The molecule has 1 amide bonds. The highest BCUT2D eigenvalue weighted by molar-refractivity contribution is 7.19. The molecular weight excluding hydrogens is 518 g/mol. The molecule has 204 valence electrons. The molecular formula is C24H29N5O8S. The molecule has 0 saturated carbocycles. The third kappa shape index (κ3) is 10.5. The maximum absolute atomic E-state index is 11.3. The monoisotopic (exact) mass is 547 g/mol. The van der Waals surface area contributed by atoms with Gasteiger partial charge in [0.2, 0.25) is 5.91 Å². The van der Waals surface area contributed by atoms with E-state index in [-0.39, 0.29) is 40.5 Å². The van der Waals surface area contributed by atoms with Crippen molar-refractivity contribution in [1.29, 1.82) is 0 Å². The summed E-state index contributed by atoms with van der Waals surface area (Å²) in [5.41, 5.74) is 13.1. The zero-order valence-corrected chi connectivity index (χ0v) is 21.7. The Balaban J connectivity index is 0.000000499. The first-order valence-corrected chi connectivity index (χ1v) is 11.8. The molecule has 0 spiro atoms. The summed E-state index contributed by atoms with van der Waals surface area (Å²) in [5.74, 6) is -1.56. The van der Waals surface area contributed by atoms with Gasteiger partial charge in [-0.25, -0.2) is 9.59 Å². The number of hydrogen-bond acceptors (Lipinski definition) is 12. The molecule has 0 atom stereocenters. The van der Waals surface area contributed by atoms with Gasteiger partial charge in [0.05, 0.1) is 35.0 Å². The van der Waals surface area contributed by atoms with E-state index < -0.39 is 16.9 Å². The van der Waals surface area contributed by atoms with Crippen molar-refractivity contribution in [3.05, 3.63) is 65.3 Å². The van der Waals surface area contributed by atoms with Crippen LogP contribution in [0.2, 0.25) is 0 Å². The summed E-state index contributed by atoms with van der Waals surface area (Å²) in [5, 5.41) is 13.0. The summed E-state index contributed by atoms with van der Waals surface area (Å²) >= 11 is 0.809. The van der Waals surface area contributed by atoms with E-state index in [0.717, 1.165) is 23.5 Å². The number of esters is 2. The molecule has 0 radical (unpaired) electrons. The second kappa shape index (κ2) is 15.4. The summed E-state index contributed by atoms with van der Waals surface area (Å²) in [6.45, 7) is 10.3. The minimum absolute atomic E-state index is 0.0994. The van der Waals surface area contributed by atoms with E-state index in [0.29, 0.717) is 30.2 Å². The van der Waals surface area contributed by atoms with Gasteiger partial charge in [-0.15, -0.1) is 0 Å². The molecule has 0 saturated heterocycles. The van der Waals surface area contributed by atoms with Gasteiger partial charge in [0.25, 0.3) is 0 Å². The highest BCUT2D eigenvalue weighted by Gasteiger charge is 2.17. The molecule has 0 aliphatic carbocycles. The standard InChI is InChI=1S/C18H23N3O5.C6H6N2O3S/c1-4-17(23)25-10-8-21(9-11-26-18(24)5-2)14-6-7-15(19)16(12-14)20-13(3)22;1-3(9)4-2-5(8(10)11)12-6(4)7/h4-7,12H,1-2,8-11,19H2,3H3,(H,20,22);2H,7H2,1H3. The van der Waals surface area contributed by atoms with Crippen molar-refractivity contribution in [3.63, 3.8) is 0 Å². The van der Waals surface area contributed by atoms with E-state index in [1.54, 1.807) is 18.2 Å². The summed E-state index contributed by atoms with van der Waals surface area (Å²) in [4.78, 5) is 56.0. The maximum atomic E-state index is 11.3. The van der Waals surface area contributed by atoms with Crippen LogP contribution < -0.4 is 21.7 Å². The van der Waals surface area contributed by atoms with Crippen LogP contribution in [0.5, 0.6) is 0 Å². The number of ketones is 1. The lowest BCUT2D eigenvalue weighted by molar-refractivity contribution is -0.380. The molecule has 14 heteroatoms. The number of thiophene rings is 1. The minimum atomic E-state index is -0.562. The average Bonchev–Trinajstić information content (AvgIpc) is 3.26. The second-order valence-corrected chi connectivity index (χ2v) is 8.42. The molecule has 1 aromatic heterocycles. The molecule has 38 heavy (non-hydrogen) atoms. The van der Waals surface area contributed by atoms with Crippen molar-refractivity contribution >= 4 is 62.0 Å². The number of nitro groups is 1. The lowest BCUT2D eigenvalue weighted by atomic mass is 10.2. The van der Waals surface area contributed by atoms with Gasteiger partial charge >= 0.3 is 16.9 Å². The number of ether oxygens (including phenoxy) is 2. The molecule has 5 N–H and O–H groups in total. The molecule has 0 aliphatic heterocycles. The molecule has 13 nitrogen and oxygen atoms in total. The number of nitrogen functional groups attached to an aromatic ring is 2. The second-order valence-electron chi connectivity index (χ2n) is 7.36. The van der Waals surface area contributed by atoms with Gasteiger partial charge < -0.3 is 31.2 Å². The van der Waals surface area contributed by atoms with E-state index >= 15 is 0 Å². The summed E-state index contributed by atoms with van der Waals surface area (Å²) in [7, 11) is 0. The number of nitrogens with zero attached hydrogens (tertiary/aromatic N) is 2. The van der Waals surface area contributed by atoms with Crippen molar-refractivity contribution in [2.45, 2.75) is 13.8 Å². The van der Waals surface area contributed by atoms with Gasteiger partial charge in [-0.1, -0.05) is 13.2 Å². The molecule has 0 bridgehead atoms. The van der Waals surface area contributed by atoms with E-state index in [4.69, 9.17) is 20.9 Å². The zero-order valence-electron chi connectivity index (χ0n) is 20.9. The van der Waals surface area contributed by atoms with E-state index in [1.165, 1.54) is 19.9 Å². The Morgan fingerprint density at radius 2 is 1.61 bits per heavy atom. The fourth-order valence-corrected chi connectivity index (χ4v) is 3.59. The molecule has 0 aliphatic rings. The quantitative estimate of drug-likeness (QED) is 0.0881. The van der Waals surface area contributed by atoms with Crippen LogP contribution in [0.1, 0.15) is 24.2 Å². The first-order chi connectivity index (χ1) is 17.9. The average molecular weight is 548 g/mol. The van der Waals surface area contributed by atoms with Gasteiger partial charge in [0.1, 0.15) is 18.2 Å². The number of anilines is 4. The first-order valence-electron chi connectivity index (χ1n) is 10.9. The van der Waals surface area contributed by atoms with Crippen LogP contribution in [-0.4, -0.2) is 54.9 Å². The number of carbonyl (C=O) groups excluding carboxylic acids is 4. The van der Waals surface area contributed by atoms with Gasteiger partial charge in [0.15, 0.2) is 5.78 Å². The Kier molecular flexibility index (Phi) is 12.7. The Morgan fingerprint density at radius 1 is 1.05 bits per heavy atom. The third-order valence-electron chi connectivity index (χ3n) is 4.56. The van der Waals surface area contributed by atoms with Gasteiger partial charge in [-0.05, 0) is 36.5 Å². The molecule has 0 unspecified atom stereocenters. The highest BCUT2D eigenvalue weighted by Crippen LogP contribution is 2.31. The van der Waals surface area contributed by atoms with E-state index in [1.807, 2.05) is 4.90 Å². The fraction of sp³-hybridized carbons (Fsp3) is 0.250. The van der Waals surface area contributed by atoms with Crippen LogP contribution in [-0.2, 0) is 23.9 Å². The molecule has 1 aromatic carbocycles. The molecule has 1 heterocycles. The van der Waals surface area contributed by atoms with Crippen molar-refractivity contribution in [2.75, 3.05) is 48.0 Å². The number of amides is 1. The highest BCUT2D eigenvalue weighted by atomic mass is 32.1. The van der Waals surface area contributed by atoms with Gasteiger partial charge in [0, 0.05) is 30.8 Å². The van der Waals surface area contributed by atoms with Gasteiger partial charge in [-0.2, -0.15) is 0 Å². The zero-order chi connectivity index (χ0) is 28.8. The van der Waals surface area contributed by atoms with Crippen molar-refractivity contribution in [2.24, 2.45) is 0 Å². The van der Waals surface area contributed by atoms with Crippen LogP contribution in [0.25, 0.3) is 0 Å². The van der Waals surface area contributed by atoms with E-state index in [2.05, 4.69) is 18.5 Å². The predicted molar refractivity (Wildman–Crippen MR) is 145 cm³/mol. The third-order valence-corrected chi connectivity index (χ3v) is 5.48. The van der Waals surface area contributed by atoms with Crippen LogP contribution in [0.3, 0.4) is 0 Å². The topological polar surface area (TPSA) is 197 Å². The van der Waals surface area contributed by atoms with Crippen molar-refractivity contribution in [1.82, 2.24) is 0 Å². The van der Waals surface area contributed by atoms with Crippen LogP contribution in [0.15, 0.2) is 49.6 Å². The molecule has 2 aromatic rings. The lowest BCUT2D eigenvalue weighted by Gasteiger charge is -2.25. The number of benzene rings is 1. The normalized spacial score (nSPS) is 9.74. The number of rotatable bonds is 12. The Morgan fingerprint density at radius 3 is 2.00 bits per heavy atom. The Bertz CT molecular complexity index is 1180.